The maximum atomic E-state index is 13.0. The monoisotopic (exact) mass is 341 g/mol. The first kappa shape index (κ1) is 17.0. The molecule has 6 heteroatoms. The van der Waals surface area contributed by atoms with Gasteiger partial charge < -0.3 is 15.5 Å². The van der Waals surface area contributed by atoms with Gasteiger partial charge in [0.2, 0.25) is 5.91 Å². The second-order valence-corrected chi connectivity index (χ2v) is 5.99. The van der Waals surface area contributed by atoms with Gasteiger partial charge in [0.05, 0.1) is 6.04 Å². The molecule has 25 heavy (non-hydrogen) atoms. The Morgan fingerprint density at radius 2 is 1.92 bits per heavy atom. The molecule has 1 aliphatic heterocycles. The number of hydrogen-bond acceptors (Lipinski definition) is 2. The van der Waals surface area contributed by atoms with Gasteiger partial charge in [0.25, 0.3) is 0 Å². The van der Waals surface area contributed by atoms with Crippen LogP contribution in [0.2, 0.25) is 0 Å². The summed E-state index contributed by atoms with van der Waals surface area (Å²) in [4.78, 5) is 26.0. The summed E-state index contributed by atoms with van der Waals surface area (Å²) < 4.78 is 13.0. The van der Waals surface area contributed by atoms with Crippen molar-refractivity contribution in [3.8, 4) is 0 Å². The molecule has 1 saturated heterocycles. The van der Waals surface area contributed by atoms with E-state index >= 15 is 0 Å². The third-order valence-electron chi connectivity index (χ3n) is 4.25. The molecule has 3 amide bonds. The van der Waals surface area contributed by atoms with Crippen LogP contribution in [-0.4, -0.2) is 24.5 Å². The number of benzene rings is 2. The van der Waals surface area contributed by atoms with Gasteiger partial charge in [-0.2, -0.15) is 0 Å². The summed E-state index contributed by atoms with van der Waals surface area (Å²) in [6.45, 7) is 2.39. The topological polar surface area (TPSA) is 61.4 Å². The molecular formula is C19H20FN3O2. The number of carbonyl (C=O) groups excluding carboxylic acids is 2. The zero-order chi connectivity index (χ0) is 17.8. The molecule has 1 unspecified atom stereocenters. The van der Waals surface area contributed by atoms with Gasteiger partial charge >= 0.3 is 6.03 Å². The number of nitrogens with one attached hydrogen (secondary N) is 2. The number of carbonyl (C=O) groups is 2. The lowest BCUT2D eigenvalue weighted by molar-refractivity contribution is -0.117. The highest BCUT2D eigenvalue weighted by molar-refractivity contribution is 5.97. The second-order valence-electron chi connectivity index (χ2n) is 5.99. The van der Waals surface area contributed by atoms with Crippen LogP contribution in [0.3, 0.4) is 0 Å². The standard InChI is InChI=1S/C19H20FN3O2/c1-2-13-5-3-4-6-17(13)22-19(25)21-15-11-18(24)23(12-15)16-9-7-14(20)8-10-16/h3-10,15H,2,11-12H2,1H3,(H2,21,22,25). The summed E-state index contributed by atoms with van der Waals surface area (Å²) in [5, 5.41) is 5.67. The normalized spacial score (nSPS) is 16.8. The van der Waals surface area contributed by atoms with Crippen LogP contribution in [0.5, 0.6) is 0 Å². The largest absolute Gasteiger partial charge is 0.333 e. The van der Waals surface area contributed by atoms with Crippen molar-refractivity contribution in [3.63, 3.8) is 0 Å². The van der Waals surface area contributed by atoms with E-state index in [1.54, 1.807) is 17.0 Å². The lowest BCUT2D eigenvalue weighted by Crippen LogP contribution is -2.39. The van der Waals surface area contributed by atoms with Crippen LogP contribution in [0.25, 0.3) is 0 Å². The van der Waals surface area contributed by atoms with Crippen molar-refractivity contribution >= 4 is 23.3 Å². The average Bonchev–Trinajstić information content (AvgIpc) is 2.96. The van der Waals surface area contributed by atoms with Crippen molar-refractivity contribution in [1.82, 2.24) is 5.32 Å². The minimum absolute atomic E-state index is 0.0918. The maximum Gasteiger partial charge on any atom is 0.319 e. The van der Waals surface area contributed by atoms with Crippen LogP contribution in [0, 0.1) is 5.82 Å². The maximum absolute atomic E-state index is 13.0. The van der Waals surface area contributed by atoms with Crippen LogP contribution in [-0.2, 0) is 11.2 Å². The molecule has 0 bridgehead atoms. The molecular weight excluding hydrogens is 321 g/mol. The van der Waals surface area contributed by atoms with Crippen LogP contribution in [0.15, 0.2) is 48.5 Å². The third kappa shape index (κ3) is 3.96. The molecule has 0 aliphatic carbocycles. The SMILES string of the molecule is CCc1ccccc1NC(=O)NC1CC(=O)N(c2ccc(F)cc2)C1. The molecule has 2 aromatic carbocycles. The molecule has 130 valence electrons. The van der Waals surface area contributed by atoms with E-state index in [1.807, 2.05) is 31.2 Å². The Kier molecular flexibility index (Phi) is 4.97. The van der Waals surface area contributed by atoms with E-state index in [0.29, 0.717) is 12.2 Å². The summed E-state index contributed by atoms with van der Waals surface area (Å²) >= 11 is 0. The number of hydrogen-bond donors (Lipinski definition) is 2. The molecule has 2 aromatic rings. The first-order valence-electron chi connectivity index (χ1n) is 8.28. The quantitative estimate of drug-likeness (QED) is 0.896. The highest BCUT2D eigenvalue weighted by atomic mass is 19.1. The minimum Gasteiger partial charge on any atom is -0.333 e. The Balaban J connectivity index is 1.61. The third-order valence-corrected chi connectivity index (χ3v) is 4.25. The van der Waals surface area contributed by atoms with Gasteiger partial charge in [-0.25, -0.2) is 9.18 Å². The minimum atomic E-state index is -0.348. The molecule has 0 aromatic heterocycles. The van der Waals surface area contributed by atoms with Gasteiger partial charge in [-0.15, -0.1) is 0 Å². The molecule has 0 spiro atoms. The summed E-state index contributed by atoms with van der Waals surface area (Å²) in [6, 6.07) is 12.7. The van der Waals surface area contributed by atoms with Crippen molar-refractivity contribution in [3.05, 3.63) is 59.9 Å². The van der Waals surface area contributed by atoms with E-state index in [-0.39, 0.29) is 30.2 Å². The summed E-state index contributed by atoms with van der Waals surface area (Å²) in [5.74, 6) is -0.440. The highest BCUT2D eigenvalue weighted by Gasteiger charge is 2.31. The Labute approximate surface area is 145 Å². The Morgan fingerprint density at radius 1 is 1.20 bits per heavy atom. The van der Waals surface area contributed by atoms with Gasteiger partial charge in [-0.1, -0.05) is 25.1 Å². The van der Waals surface area contributed by atoms with Crippen LogP contribution < -0.4 is 15.5 Å². The summed E-state index contributed by atoms with van der Waals surface area (Å²) in [5.41, 5.74) is 2.45. The van der Waals surface area contributed by atoms with Crippen molar-refractivity contribution in [2.75, 3.05) is 16.8 Å². The molecule has 2 N–H and O–H groups in total. The molecule has 3 rings (SSSR count). The summed E-state index contributed by atoms with van der Waals surface area (Å²) in [7, 11) is 0. The van der Waals surface area contributed by atoms with Gasteiger partial charge in [0, 0.05) is 24.3 Å². The van der Waals surface area contributed by atoms with E-state index in [2.05, 4.69) is 10.6 Å². The zero-order valence-corrected chi connectivity index (χ0v) is 14.0. The molecule has 1 fully saturated rings. The van der Waals surface area contributed by atoms with Gasteiger partial charge in [0.1, 0.15) is 5.82 Å². The Hall–Kier alpha value is -2.89. The first-order valence-corrected chi connectivity index (χ1v) is 8.28. The summed E-state index contributed by atoms with van der Waals surface area (Å²) in [6.07, 6.45) is 1.04. The highest BCUT2D eigenvalue weighted by Crippen LogP contribution is 2.22. The molecule has 0 saturated carbocycles. The lowest BCUT2D eigenvalue weighted by Gasteiger charge is -2.18. The molecule has 1 aliphatic rings. The van der Waals surface area contributed by atoms with Crippen LogP contribution >= 0.6 is 0 Å². The number of para-hydroxylation sites is 1. The lowest BCUT2D eigenvalue weighted by atomic mass is 10.1. The fraction of sp³-hybridized carbons (Fsp3) is 0.263. The van der Waals surface area contributed by atoms with Gasteiger partial charge in [-0.3, -0.25) is 4.79 Å². The number of amides is 3. The van der Waals surface area contributed by atoms with Crippen LogP contribution in [0.1, 0.15) is 18.9 Å². The predicted octanol–water partition coefficient (Wildman–Crippen LogP) is 3.32. The van der Waals surface area contributed by atoms with E-state index in [4.69, 9.17) is 0 Å². The second kappa shape index (κ2) is 7.34. The predicted molar refractivity (Wildman–Crippen MR) is 95.1 cm³/mol. The van der Waals surface area contributed by atoms with Crippen molar-refractivity contribution < 1.29 is 14.0 Å². The van der Waals surface area contributed by atoms with Crippen molar-refractivity contribution in [2.45, 2.75) is 25.8 Å². The fourth-order valence-corrected chi connectivity index (χ4v) is 2.97. The number of nitrogens with zero attached hydrogens (tertiary/aromatic N) is 1. The molecule has 1 heterocycles. The number of urea groups is 1. The van der Waals surface area contributed by atoms with Gasteiger partial charge in [0.15, 0.2) is 0 Å². The van der Waals surface area contributed by atoms with E-state index < -0.39 is 0 Å². The fourth-order valence-electron chi connectivity index (χ4n) is 2.97. The smallest absolute Gasteiger partial charge is 0.319 e. The molecule has 0 radical (unpaired) electrons. The van der Waals surface area contributed by atoms with Gasteiger partial charge in [-0.05, 0) is 42.3 Å². The Morgan fingerprint density at radius 3 is 2.64 bits per heavy atom. The van der Waals surface area contributed by atoms with Crippen molar-refractivity contribution in [1.29, 1.82) is 0 Å². The van der Waals surface area contributed by atoms with E-state index in [1.165, 1.54) is 12.1 Å². The number of halogens is 1. The zero-order valence-electron chi connectivity index (χ0n) is 14.0. The number of aryl methyl sites for hydroxylation is 1. The number of rotatable bonds is 4. The van der Waals surface area contributed by atoms with E-state index in [0.717, 1.165) is 17.7 Å². The molecule has 1 atom stereocenters. The van der Waals surface area contributed by atoms with Crippen LogP contribution in [0.4, 0.5) is 20.6 Å². The Bertz CT molecular complexity index is 776. The average molecular weight is 341 g/mol. The van der Waals surface area contributed by atoms with Crippen molar-refractivity contribution in [2.24, 2.45) is 0 Å². The van der Waals surface area contributed by atoms with E-state index in [9.17, 15) is 14.0 Å². The first-order chi connectivity index (χ1) is 12.1. The number of anilines is 2. The molecule has 5 nitrogen and oxygen atoms in total.